The lowest BCUT2D eigenvalue weighted by atomic mass is 10.1. The van der Waals surface area contributed by atoms with Crippen LogP contribution in [0, 0.1) is 13.8 Å². The first-order chi connectivity index (χ1) is 6.04. The van der Waals surface area contributed by atoms with Crippen molar-refractivity contribution in [2.45, 2.75) is 27.7 Å². The molecular formula is C10H15ClO2. The SMILES string of the molecule is CC.Cc1c(O)cc(O)c(Cl)c1C. The van der Waals surface area contributed by atoms with Gasteiger partial charge in [-0.05, 0) is 25.0 Å². The molecule has 13 heavy (non-hydrogen) atoms. The Bertz CT molecular complexity index is 269. The molecule has 0 saturated heterocycles. The maximum atomic E-state index is 9.19. The molecule has 1 aromatic rings. The van der Waals surface area contributed by atoms with Crippen LogP contribution in [0.5, 0.6) is 11.5 Å². The van der Waals surface area contributed by atoms with Gasteiger partial charge in [-0.3, -0.25) is 0 Å². The molecule has 0 aromatic heterocycles. The third kappa shape index (κ3) is 2.52. The quantitative estimate of drug-likeness (QED) is 0.677. The third-order valence-electron chi connectivity index (χ3n) is 1.77. The number of benzene rings is 1. The number of phenolic OH excluding ortho intramolecular Hbond substituents is 2. The molecule has 74 valence electrons. The Morgan fingerprint density at radius 2 is 1.46 bits per heavy atom. The van der Waals surface area contributed by atoms with Gasteiger partial charge in [-0.2, -0.15) is 0 Å². The Morgan fingerprint density at radius 3 is 1.92 bits per heavy atom. The van der Waals surface area contributed by atoms with Crippen LogP contribution in [0.1, 0.15) is 25.0 Å². The van der Waals surface area contributed by atoms with Gasteiger partial charge in [-0.1, -0.05) is 25.4 Å². The second kappa shape index (κ2) is 4.97. The minimum Gasteiger partial charge on any atom is -0.508 e. The Kier molecular flexibility index (Phi) is 4.63. The number of phenols is 2. The average Bonchev–Trinajstić information content (AvgIpc) is 2.15. The van der Waals surface area contributed by atoms with Gasteiger partial charge in [-0.15, -0.1) is 0 Å². The Labute approximate surface area is 83.8 Å². The lowest BCUT2D eigenvalue weighted by Gasteiger charge is -2.06. The fraction of sp³-hybridized carbons (Fsp3) is 0.400. The van der Waals surface area contributed by atoms with E-state index in [4.69, 9.17) is 16.7 Å². The molecule has 0 aliphatic heterocycles. The highest BCUT2D eigenvalue weighted by Crippen LogP contribution is 2.34. The van der Waals surface area contributed by atoms with Crippen LogP contribution in [0.25, 0.3) is 0 Å². The zero-order valence-electron chi connectivity index (χ0n) is 8.35. The van der Waals surface area contributed by atoms with Crippen LogP contribution in [-0.2, 0) is 0 Å². The van der Waals surface area contributed by atoms with Crippen LogP contribution in [-0.4, -0.2) is 10.2 Å². The van der Waals surface area contributed by atoms with Crippen LogP contribution in [0.2, 0.25) is 5.02 Å². The molecule has 0 spiro atoms. The van der Waals surface area contributed by atoms with Crippen molar-refractivity contribution in [2.75, 3.05) is 0 Å². The number of hydrogen-bond acceptors (Lipinski definition) is 2. The van der Waals surface area contributed by atoms with Gasteiger partial charge in [0.2, 0.25) is 0 Å². The predicted molar refractivity (Wildman–Crippen MR) is 55.6 cm³/mol. The molecule has 0 amide bonds. The van der Waals surface area contributed by atoms with Crippen LogP contribution < -0.4 is 0 Å². The van der Waals surface area contributed by atoms with Gasteiger partial charge in [0.1, 0.15) is 11.5 Å². The smallest absolute Gasteiger partial charge is 0.138 e. The molecule has 2 N–H and O–H groups in total. The Hall–Kier alpha value is -0.890. The first-order valence-corrected chi connectivity index (χ1v) is 4.59. The summed E-state index contributed by atoms with van der Waals surface area (Å²) < 4.78 is 0. The molecule has 0 heterocycles. The van der Waals surface area contributed by atoms with Gasteiger partial charge in [0.25, 0.3) is 0 Å². The molecule has 2 nitrogen and oxygen atoms in total. The van der Waals surface area contributed by atoms with Gasteiger partial charge in [0.15, 0.2) is 0 Å². The summed E-state index contributed by atoms with van der Waals surface area (Å²) in [5.74, 6) is -0.00309. The number of rotatable bonds is 0. The Balaban J connectivity index is 0.000000671. The van der Waals surface area contributed by atoms with Crippen LogP contribution in [0.4, 0.5) is 0 Å². The monoisotopic (exact) mass is 202 g/mol. The van der Waals surface area contributed by atoms with E-state index in [1.807, 2.05) is 13.8 Å². The summed E-state index contributed by atoms with van der Waals surface area (Å²) in [6.45, 7) is 7.49. The summed E-state index contributed by atoms with van der Waals surface area (Å²) >= 11 is 5.69. The van der Waals surface area contributed by atoms with Crippen molar-refractivity contribution in [1.82, 2.24) is 0 Å². The zero-order valence-corrected chi connectivity index (χ0v) is 9.11. The predicted octanol–water partition coefficient (Wildman–Crippen LogP) is 3.39. The first kappa shape index (κ1) is 12.1. The molecule has 0 fully saturated rings. The van der Waals surface area contributed by atoms with Gasteiger partial charge < -0.3 is 10.2 Å². The highest BCUT2D eigenvalue weighted by Gasteiger charge is 2.08. The van der Waals surface area contributed by atoms with E-state index in [-0.39, 0.29) is 11.5 Å². The molecule has 0 atom stereocenters. The normalized spacial score (nSPS) is 9.00. The highest BCUT2D eigenvalue weighted by atomic mass is 35.5. The van der Waals surface area contributed by atoms with Crippen LogP contribution >= 0.6 is 11.6 Å². The van der Waals surface area contributed by atoms with Crippen molar-refractivity contribution in [1.29, 1.82) is 0 Å². The standard InChI is InChI=1S/C8H9ClO2.C2H6/c1-4-5(2)8(9)7(11)3-6(4)10;1-2/h3,10-11H,1-2H3;1-2H3. The van der Waals surface area contributed by atoms with Crippen molar-refractivity contribution in [3.8, 4) is 11.5 Å². The average molecular weight is 203 g/mol. The fourth-order valence-electron chi connectivity index (χ4n) is 0.850. The van der Waals surface area contributed by atoms with Gasteiger partial charge >= 0.3 is 0 Å². The highest BCUT2D eigenvalue weighted by molar-refractivity contribution is 6.32. The summed E-state index contributed by atoms with van der Waals surface area (Å²) in [5, 5.41) is 18.6. The fourth-order valence-corrected chi connectivity index (χ4v) is 1.05. The number of halogens is 1. The second-order valence-corrected chi connectivity index (χ2v) is 2.86. The maximum Gasteiger partial charge on any atom is 0.138 e. The van der Waals surface area contributed by atoms with E-state index >= 15 is 0 Å². The summed E-state index contributed by atoms with van der Waals surface area (Å²) in [5.41, 5.74) is 1.41. The van der Waals surface area contributed by atoms with Crippen molar-refractivity contribution >= 4 is 11.6 Å². The van der Waals surface area contributed by atoms with Crippen molar-refractivity contribution in [3.63, 3.8) is 0 Å². The van der Waals surface area contributed by atoms with E-state index in [0.717, 1.165) is 0 Å². The molecular weight excluding hydrogens is 188 g/mol. The molecule has 3 heteroatoms. The second-order valence-electron chi connectivity index (χ2n) is 2.48. The first-order valence-electron chi connectivity index (χ1n) is 4.21. The maximum absolute atomic E-state index is 9.19. The van der Waals surface area contributed by atoms with Gasteiger partial charge in [0.05, 0.1) is 5.02 Å². The van der Waals surface area contributed by atoms with Gasteiger partial charge in [0, 0.05) is 6.07 Å². The van der Waals surface area contributed by atoms with Crippen molar-refractivity contribution < 1.29 is 10.2 Å². The van der Waals surface area contributed by atoms with E-state index in [9.17, 15) is 5.11 Å². The van der Waals surface area contributed by atoms with E-state index in [1.54, 1.807) is 13.8 Å². The molecule has 0 bridgehead atoms. The largest absolute Gasteiger partial charge is 0.508 e. The minimum atomic E-state index is -0.0766. The number of hydrogen-bond donors (Lipinski definition) is 2. The Morgan fingerprint density at radius 1 is 1.00 bits per heavy atom. The summed E-state index contributed by atoms with van der Waals surface area (Å²) in [4.78, 5) is 0. The topological polar surface area (TPSA) is 40.5 Å². The molecule has 0 aliphatic rings. The molecule has 0 radical (unpaired) electrons. The number of aromatic hydroxyl groups is 2. The van der Waals surface area contributed by atoms with Crippen molar-refractivity contribution in [2.24, 2.45) is 0 Å². The zero-order chi connectivity index (χ0) is 10.6. The molecule has 0 saturated carbocycles. The lowest BCUT2D eigenvalue weighted by molar-refractivity contribution is 0.447. The lowest BCUT2D eigenvalue weighted by Crippen LogP contribution is -1.83. The summed E-state index contributed by atoms with van der Waals surface area (Å²) in [7, 11) is 0. The summed E-state index contributed by atoms with van der Waals surface area (Å²) in [6.07, 6.45) is 0. The van der Waals surface area contributed by atoms with Crippen molar-refractivity contribution in [3.05, 3.63) is 22.2 Å². The van der Waals surface area contributed by atoms with E-state index < -0.39 is 0 Å². The molecule has 1 rings (SSSR count). The van der Waals surface area contributed by atoms with Gasteiger partial charge in [-0.25, -0.2) is 0 Å². The van der Waals surface area contributed by atoms with E-state index in [1.165, 1.54) is 6.07 Å². The van der Waals surface area contributed by atoms with Crippen LogP contribution in [0.15, 0.2) is 6.07 Å². The van der Waals surface area contributed by atoms with E-state index in [0.29, 0.717) is 16.1 Å². The molecule has 0 unspecified atom stereocenters. The molecule has 0 aliphatic carbocycles. The van der Waals surface area contributed by atoms with E-state index in [2.05, 4.69) is 0 Å². The third-order valence-corrected chi connectivity index (χ3v) is 2.25. The minimum absolute atomic E-state index is 0.0735. The summed E-state index contributed by atoms with van der Waals surface area (Å²) in [6, 6.07) is 1.24. The van der Waals surface area contributed by atoms with Crippen LogP contribution in [0.3, 0.4) is 0 Å². The molecule has 1 aromatic carbocycles.